The van der Waals surface area contributed by atoms with E-state index in [2.05, 4.69) is 4.72 Å². The van der Waals surface area contributed by atoms with Crippen molar-refractivity contribution in [1.29, 1.82) is 0 Å². The van der Waals surface area contributed by atoms with E-state index in [9.17, 15) is 13.2 Å². The number of carbonyl (C=O) groups excluding carboxylic acids is 1. The van der Waals surface area contributed by atoms with Crippen LogP contribution in [-0.2, 0) is 14.8 Å². The molecule has 0 heterocycles. The average molecular weight is 257 g/mol. The second kappa shape index (κ2) is 5.79. The molecule has 94 valence electrons. The molecule has 6 heteroatoms. The molecule has 0 aliphatic rings. The first-order valence-electron chi connectivity index (χ1n) is 5.09. The molecule has 0 fully saturated rings. The monoisotopic (exact) mass is 257 g/mol. The zero-order valence-electron chi connectivity index (χ0n) is 9.76. The van der Waals surface area contributed by atoms with Crippen LogP contribution in [0.5, 0.6) is 5.75 Å². The van der Waals surface area contributed by atoms with Crippen molar-refractivity contribution in [3.63, 3.8) is 0 Å². The third-order valence-corrected chi connectivity index (χ3v) is 3.62. The molecule has 0 bridgehead atoms. The Morgan fingerprint density at radius 1 is 1.29 bits per heavy atom. The molecule has 17 heavy (non-hydrogen) atoms. The van der Waals surface area contributed by atoms with E-state index in [1.807, 2.05) is 0 Å². The van der Waals surface area contributed by atoms with Crippen molar-refractivity contribution in [2.75, 3.05) is 13.7 Å². The maximum Gasteiger partial charge on any atom is 0.240 e. The number of hydrogen-bond acceptors (Lipinski definition) is 4. The zero-order valence-corrected chi connectivity index (χ0v) is 10.6. The molecule has 1 N–H and O–H groups in total. The van der Waals surface area contributed by atoms with Crippen LogP contribution >= 0.6 is 0 Å². The fourth-order valence-electron chi connectivity index (χ4n) is 1.20. The summed E-state index contributed by atoms with van der Waals surface area (Å²) in [6, 6.07) is 6.04. The van der Waals surface area contributed by atoms with Crippen molar-refractivity contribution >= 4 is 15.8 Å². The molecule has 0 saturated heterocycles. The topological polar surface area (TPSA) is 72.5 Å². The van der Waals surface area contributed by atoms with Crippen LogP contribution in [0.25, 0.3) is 0 Å². The maximum atomic E-state index is 11.8. The van der Waals surface area contributed by atoms with Crippen molar-refractivity contribution in [2.24, 2.45) is 0 Å². The quantitative estimate of drug-likeness (QED) is 0.823. The Morgan fingerprint density at radius 3 is 2.35 bits per heavy atom. The lowest BCUT2D eigenvalue weighted by molar-refractivity contribution is -0.116. The SMILES string of the molecule is COc1ccc(S(=O)(=O)NCCC(C)=O)cc1. The van der Waals surface area contributed by atoms with Crippen LogP contribution in [-0.4, -0.2) is 27.9 Å². The fourth-order valence-corrected chi connectivity index (χ4v) is 2.23. The number of ether oxygens (including phenoxy) is 1. The first kappa shape index (κ1) is 13.7. The number of carbonyl (C=O) groups is 1. The van der Waals surface area contributed by atoms with Gasteiger partial charge in [0.05, 0.1) is 12.0 Å². The first-order valence-corrected chi connectivity index (χ1v) is 6.57. The van der Waals surface area contributed by atoms with Gasteiger partial charge < -0.3 is 4.74 Å². The number of nitrogens with one attached hydrogen (secondary N) is 1. The summed E-state index contributed by atoms with van der Waals surface area (Å²) >= 11 is 0. The highest BCUT2D eigenvalue weighted by molar-refractivity contribution is 7.89. The normalized spacial score (nSPS) is 11.2. The summed E-state index contributed by atoms with van der Waals surface area (Å²) in [5.41, 5.74) is 0. The van der Waals surface area contributed by atoms with Crippen LogP contribution in [0.3, 0.4) is 0 Å². The zero-order chi connectivity index (χ0) is 12.9. The lowest BCUT2D eigenvalue weighted by Gasteiger charge is -2.06. The highest BCUT2D eigenvalue weighted by atomic mass is 32.2. The third kappa shape index (κ3) is 4.16. The maximum absolute atomic E-state index is 11.8. The molecule has 0 radical (unpaired) electrons. The smallest absolute Gasteiger partial charge is 0.240 e. The lowest BCUT2D eigenvalue weighted by Crippen LogP contribution is -2.25. The molecule has 0 aliphatic carbocycles. The summed E-state index contributed by atoms with van der Waals surface area (Å²) < 4.78 is 30.8. The average Bonchev–Trinajstić information content (AvgIpc) is 2.28. The van der Waals surface area contributed by atoms with Gasteiger partial charge >= 0.3 is 0 Å². The lowest BCUT2D eigenvalue weighted by atomic mass is 10.3. The second-order valence-electron chi connectivity index (χ2n) is 3.53. The van der Waals surface area contributed by atoms with Gasteiger partial charge in [0.15, 0.2) is 0 Å². The second-order valence-corrected chi connectivity index (χ2v) is 5.29. The van der Waals surface area contributed by atoms with Gasteiger partial charge in [0.1, 0.15) is 11.5 Å². The molecule has 0 atom stereocenters. The minimum atomic E-state index is -3.54. The van der Waals surface area contributed by atoms with E-state index < -0.39 is 10.0 Å². The third-order valence-electron chi connectivity index (χ3n) is 2.14. The van der Waals surface area contributed by atoms with E-state index >= 15 is 0 Å². The minimum absolute atomic E-state index is 0.0533. The Labute approximate surface area is 101 Å². The van der Waals surface area contributed by atoms with Crippen LogP contribution < -0.4 is 9.46 Å². The number of ketones is 1. The minimum Gasteiger partial charge on any atom is -0.497 e. The van der Waals surface area contributed by atoms with Gasteiger partial charge in [0.2, 0.25) is 10.0 Å². The van der Waals surface area contributed by atoms with E-state index in [-0.39, 0.29) is 23.6 Å². The summed E-state index contributed by atoms with van der Waals surface area (Å²) in [4.78, 5) is 10.9. The highest BCUT2D eigenvalue weighted by Crippen LogP contribution is 2.15. The van der Waals surface area contributed by atoms with Crippen molar-refractivity contribution in [2.45, 2.75) is 18.2 Å². The number of Topliss-reactive ketones (excluding diaryl/α,β-unsaturated/α-hetero) is 1. The summed E-state index contributed by atoms with van der Waals surface area (Å²) in [5.74, 6) is 0.537. The summed E-state index contributed by atoms with van der Waals surface area (Å²) in [7, 11) is -2.03. The molecule has 1 rings (SSSR count). The van der Waals surface area contributed by atoms with Gasteiger partial charge in [-0.1, -0.05) is 0 Å². The van der Waals surface area contributed by atoms with Gasteiger partial charge in [-0.25, -0.2) is 13.1 Å². The molecule has 5 nitrogen and oxygen atoms in total. The van der Waals surface area contributed by atoms with Crippen molar-refractivity contribution in [3.8, 4) is 5.75 Å². The summed E-state index contributed by atoms with van der Waals surface area (Å²) in [5, 5.41) is 0. The van der Waals surface area contributed by atoms with Gasteiger partial charge in [0, 0.05) is 13.0 Å². The molecular formula is C11H15NO4S. The van der Waals surface area contributed by atoms with Crippen LogP contribution in [0, 0.1) is 0 Å². The molecule has 0 aromatic heterocycles. The van der Waals surface area contributed by atoms with Gasteiger partial charge in [0.25, 0.3) is 0 Å². The van der Waals surface area contributed by atoms with Crippen LogP contribution in [0.1, 0.15) is 13.3 Å². The van der Waals surface area contributed by atoms with E-state index in [1.54, 1.807) is 12.1 Å². The van der Waals surface area contributed by atoms with E-state index in [0.29, 0.717) is 5.75 Å². The Morgan fingerprint density at radius 2 is 1.88 bits per heavy atom. The summed E-state index contributed by atoms with van der Waals surface area (Å²) in [6.07, 6.45) is 0.190. The number of methoxy groups -OCH3 is 1. The van der Waals surface area contributed by atoms with Crippen molar-refractivity contribution in [1.82, 2.24) is 4.72 Å². The van der Waals surface area contributed by atoms with Gasteiger partial charge in [-0.3, -0.25) is 4.79 Å². The largest absolute Gasteiger partial charge is 0.497 e. The van der Waals surface area contributed by atoms with Crippen molar-refractivity contribution in [3.05, 3.63) is 24.3 Å². The van der Waals surface area contributed by atoms with Crippen LogP contribution in [0.4, 0.5) is 0 Å². The van der Waals surface area contributed by atoms with Crippen LogP contribution in [0.2, 0.25) is 0 Å². The molecule has 0 amide bonds. The molecule has 0 saturated carbocycles. The highest BCUT2D eigenvalue weighted by Gasteiger charge is 2.13. The molecule has 1 aromatic rings. The Hall–Kier alpha value is -1.40. The standard InChI is InChI=1S/C11H15NO4S/c1-9(13)7-8-12-17(14,15)11-5-3-10(16-2)4-6-11/h3-6,12H,7-8H2,1-2H3. The van der Waals surface area contributed by atoms with Crippen molar-refractivity contribution < 1.29 is 17.9 Å². The summed E-state index contributed by atoms with van der Waals surface area (Å²) in [6.45, 7) is 1.53. The molecule has 0 unspecified atom stereocenters. The Kier molecular flexibility index (Phi) is 4.65. The van der Waals surface area contributed by atoms with Crippen LogP contribution in [0.15, 0.2) is 29.2 Å². The molecular weight excluding hydrogens is 242 g/mol. The number of rotatable bonds is 6. The predicted octanol–water partition coefficient (Wildman–Crippen LogP) is 0.953. The number of hydrogen-bond donors (Lipinski definition) is 1. The van der Waals surface area contributed by atoms with Gasteiger partial charge in [-0.2, -0.15) is 0 Å². The predicted molar refractivity (Wildman–Crippen MR) is 63.5 cm³/mol. The van der Waals surface area contributed by atoms with E-state index in [1.165, 1.54) is 26.2 Å². The molecule has 1 aromatic carbocycles. The number of benzene rings is 1. The van der Waals surface area contributed by atoms with E-state index in [4.69, 9.17) is 4.74 Å². The van der Waals surface area contributed by atoms with Gasteiger partial charge in [-0.15, -0.1) is 0 Å². The molecule has 0 aliphatic heterocycles. The Balaban J connectivity index is 2.72. The van der Waals surface area contributed by atoms with E-state index in [0.717, 1.165) is 0 Å². The Bertz CT molecular complexity index is 479. The first-order chi connectivity index (χ1) is 7.95. The molecule has 0 spiro atoms. The number of sulfonamides is 1. The van der Waals surface area contributed by atoms with Gasteiger partial charge in [-0.05, 0) is 31.2 Å². The fraction of sp³-hybridized carbons (Fsp3) is 0.364.